The number of nitrogens with one attached hydrogen (secondary N) is 1. The highest BCUT2D eigenvalue weighted by Gasteiger charge is 2.31. The first-order valence-corrected chi connectivity index (χ1v) is 7.23. The van der Waals surface area contributed by atoms with Crippen molar-refractivity contribution >= 4 is 17.3 Å². The molecule has 134 valence electrons. The molecule has 2 aromatic carbocycles. The zero-order chi connectivity index (χ0) is 18.6. The van der Waals surface area contributed by atoms with Crippen LogP contribution in [0.2, 0.25) is 0 Å². The van der Waals surface area contributed by atoms with Gasteiger partial charge in [0.2, 0.25) is 0 Å². The molecule has 0 spiro atoms. The molecule has 0 aromatic heterocycles. The number of alkyl halides is 3. The molecule has 0 aliphatic carbocycles. The van der Waals surface area contributed by atoms with E-state index in [1.54, 1.807) is 19.0 Å². The molecule has 4 nitrogen and oxygen atoms in total. The summed E-state index contributed by atoms with van der Waals surface area (Å²) in [5.41, 5.74) is -0.459. The van der Waals surface area contributed by atoms with Gasteiger partial charge in [-0.2, -0.15) is 13.2 Å². The molecule has 0 aliphatic rings. The van der Waals surface area contributed by atoms with Crippen LogP contribution in [0, 0.1) is 5.82 Å². The fourth-order valence-electron chi connectivity index (χ4n) is 2.09. The van der Waals surface area contributed by atoms with Crippen molar-refractivity contribution in [3.05, 3.63) is 53.8 Å². The average molecular weight is 356 g/mol. The van der Waals surface area contributed by atoms with Crippen molar-refractivity contribution in [1.29, 1.82) is 0 Å². The summed E-state index contributed by atoms with van der Waals surface area (Å²) in [6, 6.07) is 8.27. The summed E-state index contributed by atoms with van der Waals surface area (Å²) >= 11 is 0. The lowest BCUT2D eigenvalue weighted by molar-refractivity contribution is -0.137. The quantitative estimate of drug-likeness (QED) is 0.826. The van der Waals surface area contributed by atoms with Crippen molar-refractivity contribution in [1.82, 2.24) is 0 Å². The number of anilines is 2. The monoisotopic (exact) mass is 356 g/mol. The Morgan fingerprint density at radius 3 is 2.48 bits per heavy atom. The fourth-order valence-corrected chi connectivity index (χ4v) is 2.09. The van der Waals surface area contributed by atoms with E-state index < -0.39 is 30.1 Å². The molecule has 1 amide bonds. The molecule has 0 unspecified atom stereocenters. The number of carbonyl (C=O) groups excluding carboxylic acids is 1. The summed E-state index contributed by atoms with van der Waals surface area (Å²) in [4.78, 5) is 13.5. The summed E-state index contributed by atoms with van der Waals surface area (Å²) in [6.07, 6.45) is -4.53. The summed E-state index contributed by atoms with van der Waals surface area (Å²) in [5, 5.41) is 2.39. The molecule has 0 aliphatic heterocycles. The lowest BCUT2D eigenvalue weighted by atomic mass is 10.1. The van der Waals surface area contributed by atoms with Gasteiger partial charge in [-0.3, -0.25) is 4.79 Å². The van der Waals surface area contributed by atoms with Crippen LogP contribution in [0.3, 0.4) is 0 Å². The van der Waals surface area contributed by atoms with Crippen LogP contribution in [0.5, 0.6) is 5.75 Å². The third kappa shape index (κ3) is 5.10. The Hall–Kier alpha value is -2.77. The standard InChI is InChI=1S/C17H16F4N2O2/c1-23(2)15-7-6-11(17(19,20)21)8-14(15)22-16(24)10-25-13-5-3-4-12(18)9-13/h3-9H,10H2,1-2H3,(H,22,24). The number of ether oxygens (including phenoxy) is 1. The largest absolute Gasteiger partial charge is 0.484 e. The van der Waals surface area contributed by atoms with E-state index in [-0.39, 0.29) is 11.4 Å². The highest BCUT2D eigenvalue weighted by molar-refractivity contribution is 5.95. The number of nitrogens with zero attached hydrogens (tertiary/aromatic N) is 1. The summed E-state index contributed by atoms with van der Waals surface area (Å²) < 4.78 is 56.8. The molecule has 2 rings (SSSR count). The minimum atomic E-state index is -4.53. The summed E-state index contributed by atoms with van der Waals surface area (Å²) in [5.74, 6) is -1.04. The van der Waals surface area contributed by atoms with Crippen molar-refractivity contribution < 1.29 is 27.1 Å². The van der Waals surface area contributed by atoms with Gasteiger partial charge in [-0.25, -0.2) is 4.39 Å². The zero-order valence-corrected chi connectivity index (χ0v) is 13.5. The summed E-state index contributed by atoms with van der Waals surface area (Å²) in [7, 11) is 3.28. The van der Waals surface area contributed by atoms with Gasteiger partial charge in [0.25, 0.3) is 5.91 Å². The molecule has 0 radical (unpaired) electrons. The normalized spacial score (nSPS) is 11.1. The minimum Gasteiger partial charge on any atom is -0.484 e. The van der Waals surface area contributed by atoms with Crippen LogP contribution in [-0.4, -0.2) is 26.6 Å². The van der Waals surface area contributed by atoms with Crippen LogP contribution in [0.1, 0.15) is 5.56 Å². The van der Waals surface area contributed by atoms with Crippen LogP contribution in [-0.2, 0) is 11.0 Å². The Morgan fingerprint density at radius 1 is 1.16 bits per heavy atom. The van der Waals surface area contributed by atoms with E-state index in [0.717, 1.165) is 18.2 Å². The Bertz CT molecular complexity index is 761. The first-order chi connectivity index (χ1) is 11.7. The molecule has 0 bridgehead atoms. The van der Waals surface area contributed by atoms with Gasteiger partial charge in [-0.05, 0) is 30.3 Å². The van der Waals surface area contributed by atoms with E-state index in [1.807, 2.05) is 0 Å². The van der Waals surface area contributed by atoms with Crippen molar-refractivity contribution in [2.75, 3.05) is 30.9 Å². The second-order valence-electron chi connectivity index (χ2n) is 5.42. The van der Waals surface area contributed by atoms with Gasteiger partial charge >= 0.3 is 6.18 Å². The molecule has 8 heteroatoms. The maximum Gasteiger partial charge on any atom is 0.416 e. The minimum absolute atomic E-state index is 0.00710. The molecule has 25 heavy (non-hydrogen) atoms. The Balaban J connectivity index is 2.13. The van der Waals surface area contributed by atoms with E-state index in [4.69, 9.17) is 4.74 Å². The first-order valence-electron chi connectivity index (χ1n) is 7.23. The van der Waals surface area contributed by atoms with Crippen LogP contribution in [0.15, 0.2) is 42.5 Å². The molecular weight excluding hydrogens is 340 g/mol. The van der Waals surface area contributed by atoms with Crippen LogP contribution >= 0.6 is 0 Å². The van der Waals surface area contributed by atoms with Crippen molar-refractivity contribution in [3.63, 3.8) is 0 Å². The third-order valence-corrected chi connectivity index (χ3v) is 3.25. The second-order valence-corrected chi connectivity index (χ2v) is 5.42. The Labute approximate surface area is 142 Å². The summed E-state index contributed by atoms with van der Waals surface area (Å²) in [6.45, 7) is -0.466. The highest BCUT2D eigenvalue weighted by Crippen LogP contribution is 2.34. The lowest BCUT2D eigenvalue weighted by Crippen LogP contribution is -2.22. The molecule has 0 saturated heterocycles. The molecule has 1 N–H and O–H groups in total. The number of hydrogen-bond acceptors (Lipinski definition) is 3. The lowest BCUT2D eigenvalue weighted by Gasteiger charge is -2.20. The smallest absolute Gasteiger partial charge is 0.416 e. The van der Waals surface area contributed by atoms with Gasteiger partial charge in [0.1, 0.15) is 11.6 Å². The number of halogens is 4. The maximum absolute atomic E-state index is 13.0. The van der Waals surface area contributed by atoms with Gasteiger partial charge < -0.3 is 15.0 Å². The average Bonchev–Trinajstić information content (AvgIpc) is 2.52. The van der Waals surface area contributed by atoms with Crippen molar-refractivity contribution in [3.8, 4) is 5.75 Å². The van der Waals surface area contributed by atoms with Crippen LogP contribution in [0.4, 0.5) is 28.9 Å². The van der Waals surface area contributed by atoms with E-state index in [2.05, 4.69) is 5.32 Å². The molecule has 0 saturated carbocycles. The topological polar surface area (TPSA) is 41.6 Å². The second kappa shape index (κ2) is 7.42. The van der Waals surface area contributed by atoms with Gasteiger partial charge in [-0.15, -0.1) is 0 Å². The first kappa shape index (κ1) is 18.6. The van der Waals surface area contributed by atoms with E-state index >= 15 is 0 Å². The van der Waals surface area contributed by atoms with E-state index in [9.17, 15) is 22.4 Å². The number of rotatable bonds is 5. The molecule has 0 fully saturated rings. The number of hydrogen-bond donors (Lipinski definition) is 1. The molecule has 2 aromatic rings. The number of carbonyl (C=O) groups is 1. The van der Waals surface area contributed by atoms with E-state index in [0.29, 0.717) is 5.69 Å². The molecule has 0 atom stereocenters. The SMILES string of the molecule is CN(C)c1ccc(C(F)(F)F)cc1NC(=O)COc1cccc(F)c1. The third-order valence-electron chi connectivity index (χ3n) is 3.25. The number of amides is 1. The number of benzene rings is 2. The molecular formula is C17H16F4N2O2. The van der Waals surface area contributed by atoms with Crippen molar-refractivity contribution in [2.45, 2.75) is 6.18 Å². The van der Waals surface area contributed by atoms with Gasteiger partial charge in [0.05, 0.1) is 16.9 Å². The Kier molecular flexibility index (Phi) is 5.51. The maximum atomic E-state index is 13.0. The van der Waals surface area contributed by atoms with Gasteiger partial charge in [-0.1, -0.05) is 6.07 Å². The zero-order valence-electron chi connectivity index (χ0n) is 13.5. The Morgan fingerprint density at radius 2 is 1.88 bits per heavy atom. The fraction of sp³-hybridized carbons (Fsp3) is 0.235. The van der Waals surface area contributed by atoms with Crippen LogP contribution in [0.25, 0.3) is 0 Å². The predicted molar refractivity (Wildman–Crippen MR) is 86.3 cm³/mol. The van der Waals surface area contributed by atoms with E-state index in [1.165, 1.54) is 24.3 Å². The van der Waals surface area contributed by atoms with Crippen LogP contribution < -0.4 is 15.0 Å². The molecule has 0 heterocycles. The van der Waals surface area contributed by atoms with Gasteiger partial charge in [0, 0.05) is 20.2 Å². The van der Waals surface area contributed by atoms with Crippen molar-refractivity contribution in [2.24, 2.45) is 0 Å². The van der Waals surface area contributed by atoms with Gasteiger partial charge in [0.15, 0.2) is 6.61 Å². The predicted octanol–water partition coefficient (Wildman–Crippen LogP) is 3.93. The highest BCUT2D eigenvalue weighted by atomic mass is 19.4.